The van der Waals surface area contributed by atoms with Crippen LogP contribution in [-0.4, -0.2) is 24.5 Å². The van der Waals surface area contributed by atoms with Crippen LogP contribution in [0.5, 0.6) is 0 Å². The molecule has 0 aliphatic heterocycles. The predicted octanol–water partition coefficient (Wildman–Crippen LogP) is 2.39. The van der Waals surface area contributed by atoms with Crippen LogP contribution >= 0.6 is 11.3 Å². The highest BCUT2D eigenvalue weighted by atomic mass is 32.1. The van der Waals surface area contributed by atoms with E-state index in [-0.39, 0.29) is 5.56 Å². The fourth-order valence-electron chi connectivity index (χ4n) is 3.20. The van der Waals surface area contributed by atoms with E-state index in [1.165, 1.54) is 23.3 Å². The summed E-state index contributed by atoms with van der Waals surface area (Å²) in [6, 6.07) is 0. The van der Waals surface area contributed by atoms with Gasteiger partial charge >= 0.3 is 0 Å². The molecule has 0 N–H and O–H groups in total. The first-order chi connectivity index (χ1) is 11.3. The average Bonchev–Trinajstić information content (AvgIpc) is 3.08. The number of thiophene rings is 1. The van der Waals surface area contributed by atoms with Crippen LogP contribution in [0, 0.1) is 0 Å². The quantitative estimate of drug-likeness (QED) is 0.692. The van der Waals surface area contributed by atoms with Crippen molar-refractivity contribution in [2.75, 3.05) is 0 Å². The molecular weight excluding hydrogens is 310 g/mol. The molecule has 7 heteroatoms. The topological polar surface area (TPSA) is 65.6 Å². The molecule has 0 unspecified atom stereocenters. The van der Waals surface area contributed by atoms with Gasteiger partial charge in [-0.05, 0) is 38.2 Å². The molecule has 23 heavy (non-hydrogen) atoms. The zero-order valence-electron chi connectivity index (χ0n) is 13.2. The van der Waals surface area contributed by atoms with Crippen molar-refractivity contribution < 1.29 is 0 Å². The predicted molar refractivity (Wildman–Crippen MR) is 89.9 cm³/mol. The largest absolute Gasteiger partial charge is 0.292 e. The number of aromatic nitrogens is 5. The summed E-state index contributed by atoms with van der Waals surface area (Å²) < 4.78 is 1.66. The van der Waals surface area contributed by atoms with Gasteiger partial charge in [0.15, 0.2) is 0 Å². The minimum absolute atomic E-state index is 0.0560. The van der Waals surface area contributed by atoms with E-state index in [0.717, 1.165) is 41.7 Å². The number of fused-ring (bicyclic) bond motifs is 3. The van der Waals surface area contributed by atoms with Gasteiger partial charge in [-0.3, -0.25) is 9.36 Å². The lowest BCUT2D eigenvalue weighted by atomic mass is 10.1. The first kappa shape index (κ1) is 14.6. The zero-order valence-corrected chi connectivity index (χ0v) is 14.0. The summed E-state index contributed by atoms with van der Waals surface area (Å²) in [7, 11) is 0. The van der Waals surface area contributed by atoms with Gasteiger partial charge in [-0.25, -0.2) is 4.98 Å². The molecule has 6 nitrogen and oxygen atoms in total. The lowest BCUT2D eigenvalue weighted by molar-refractivity contribution is 0.559. The molecule has 120 valence electrons. The maximum absolute atomic E-state index is 12.9. The van der Waals surface area contributed by atoms with Crippen molar-refractivity contribution in [2.24, 2.45) is 0 Å². The first-order valence-electron chi connectivity index (χ1n) is 8.15. The van der Waals surface area contributed by atoms with Crippen molar-refractivity contribution in [1.29, 1.82) is 0 Å². The summed E-state index contributed by atoms with van der Waals surface area (Å²) >= 11 is 1.69. The number of aryl methyl sites for hydroxylation is 3. The Hall–Kier alpha value is -2.02. The second kappa shape index (κ2) is 5.88. The Kier molecular flexibility index (Phi) is 3.72. The van der Waals surface area contributed by atoms with Gasteiger partial charge in [0.2, 0.25) is 0 Å². The molecule has 0 saturated heterocycles. The smallest absolute Gasteiger partial charge is 0.262 e. The van der Waals surface area contributed by atoms with Crippen molar-refractivity contribution in [3.8, 4) is 0 Å². The van der Waals surface area contributed by atoms with Gasteiger partial charge in [-0.15, -0.1) is 11.3 Å². The summed E-state index contributed by atoms with van der Waals surface area (Å²) in [4.78, 5) is 21.3. The lowest BCUT2D eigenvalue weighted by Gasteiger charge is -2.04. The minimum atomic E-state index is 0.0560. The van der Waals surface area contributed by atoms with Gasteiger partial charge in [0.05, 0.1) is 31.0 Å². The highest BCUT2D eigenvalue weighted by molar-refractivity contribution is 7.18. The third kappa shape index (κ3) is 2.59. The molecule has 3 aromatic rings. The molecule has 3 heterocycles. The Labute approximate surface area is 137 Å². The molecule has 3 aromatic heterocycles. The second-order valence-electron chi connectivity index (χ2n) is 5.95. The SMILES string of the molecule is CCn1ncc(Cn2cnc3sc4c(c3c2=O)CCCCC4)n1. The van der Waals surface area contributed by atoms with Crippen molar-refractivity contribution in [3.05, 3.63) is 39.0 Å². The number of nitrogens with zero attached hydrogens (tertiary/aromatic N) is 5. The molecule has 0 radical (unpaired) electrons. The third-order valence-corrected chi connectivity index (χ3v) is 5.59. The van der Waals surface area contributed by atoms with Gasteiger partial charge in [0.1, 0.15) is 10.5 Å². The van der Waals surface area contributed by atoms with Crippen LogP contribution in [0.25, 0.3) is 10.2 Å². The highest BCUT2D eigenvalue weighted by Gasteiger charge is 2.19. The van der Waals surface area contributed by atoms with Crippen LogP contribution < -0.4 is 5.56 Å². The first-order valence-corrected chi connectivity index (χ1v) is 8.96. The van der Waals surface area contributed by atoms with E-state index in [0.29, 0.717) is 6.54 Å². The van der Waals surface area contributed by atoms with Gasteiger partial charge in [0.25, 0.3) is 5.56 Å². The third-order valence-electron chi connectivity index (χ3n) is 4.39. The number of hydrogen-bond donors (Lipinski definition) is 0. The molecule has 0 amide bonds. The van der Waals surface area contributed by atoms with Crippen LogP contribution in [0.2, 0.25) is 0 Å². The van der Waals surface area contributed by atoms with Crippen molar-refractivity contribution in [3.63, 3.8) is 0 Å². The molecule has 0 saturated carbocycles. The fraction of sp³-hybridized carbons (Fsp3) is 0.500. The van der Waals surface area contributed by atoms with Crippen LogP contribution in [0.1, 0.15) is 42.3 Å². The van der Waals surface area contributed by atoms with E-state index in [2.05, 4.69) is 15.2 Å². The highest BCUT2D eigenvalue weighted by Crippen LogP contribution is 2.32. The van der Waals surface area contributed by atoms with E-state index in [1.54, 1.807) is 33.2 Å². The molecule has 1 aliphatic rings. The van der Waals surface area contributed by atoms with Crippen LogP contribution in [-0.2, 0) is 25.9 Å². The fourth-order valence-corrected chi connectivity index (χ4v) is 4.42. The molecule has 0 aromatic carbocycles. The summed E-state index contributed by atoms with van der Waals surface area (Å²) in [6.45, 7) is 3.14. The number of hydrogen-bond acceptors (Lipinski definition) is 5. The standard InChI is InChI=1S/C16H19N5OS/c1-2-21-18-8-11(19-21)9-20-10-17-15-14(16(20)22)12-6-4-3-5-7-13(12)23-15/h8,10H,2-7,9H2,1H3. The molecule has 0 atom stereocenters. The average molecular weight is 329 g/mol. The maximum Gasteiger partial charge on any atom is 0.262 e. The van der Waals surface area contributed by atoms with E-state index in [1.807, 2.05) is 6.92 Å². The Morgan fingerprint density at radius 1 is 1.26 bits per heavy atom. The summed E-state index contributed by atoms with van der Waals surface area (Å²) in [6.07, 6.45) is 9.08. The Morgan fingerprint density at radius 2 is 2.13 bits per heavy atom. The molecule has 4 rings (SSSR count). The normalized spacial score (nSPS) is 14.8. The maximum atomic E-state index is 12.9. The van der Waals surface area contributed by atoms with Gasteiger partial charge in [-0.1, -0.05) is 6.42 Å². The molecule has 0 spiro atoms. The van der Waals surface area contributed by atoms with Gasteiger partial charge in [-0.2, -0.15) is 15.0 Å². The minimum Gasteiger partial charge on any atom is -0.292 e. The lowest BCUT2D eigenvalue weighted by Crippen LogP contribution is -2.21. The molecular formula is C16H19N5OS. The van der Waals surface area contributed by atoms with E-state index in [9.17, 15) is 4.79 Å². The van der Waals surface area contributed by atoms with E-state index >= 15 is 0 Å². The summed E-state index contributed by atoms with van der Waals surface area (Å²) in [5, 5.41) is 9.35. The van der Waals surface area contributed by atoms with Crippen LogP contribution in [0.4, 0.5) is 0 Å². The summed E-state index contributed by atoms with van der Waals surface area (Å²) in [5.41, 5.74) is 2.09. The molecule has 1 aliphatic carbocycles. The van der Waals surface area contributed by atoms with Crippen LogP contribution in [0.3, 0.4) is 0 Å². The van der Waals surface area contributed by atoms with Crippen molar-refractivity contribution in [2.45, 2.75) is 52.1 Å². The Balaban J connectivity index is 1.77. The zero-order chi connectivity index (χ0) is 15.8. The summed E-state index contributed by atoms with van der Waals surface area (Å²) in [5.74, 6) is 0. The van der Waals surface area contributed by atoms with E-state index < -0.39 is 0 Å². The van der Waals surface area contributed by atoms with Crippen molar-refractivity contribution in [1.82, 2.24) is 24.5 Å². The van der Waals surface area contributed by atoms with Crippen LogP contribution in [0.15, 0.2) is 17.3 Å². The van der Waals surface area contributed by atoms with Gasteiger partial charge in [0, 0.05) is 4.88 Å². The van der Waals surface area contributed by atoms with E-state index in [4.69, 9.17) is 0 Å². The molecule has 0 bridgehead atoms. The monoisotopic (exact) mass is 329 g/mol. The Bertz CT molecular complexity index is 907. The van der Waals surface area contributed by atoms with Gasteiger partial charge < -0.3 is 0 Å². The van der Waals surface area contributed by atoms with Crippen molar-refractivity contribution >= 4 is 21.6 Å². The second-order valence-corrected chi connectivity index (χ2v) is 7.03. The number of rotatable bonds is 3. The Morgan fingerprint density at radius 3 is 2.96 bits per heavy atom. The molecule has 0 fully saturated rings.